The Bertz CT molecular complexity index is 915. The van der Waals surface area contributed by atoms with Crippen molar-refractivity contribution in [2.75, 3.05) is 13.1 Å². The van der Waals surface area contributed by atoms with Gasteiger partial charge in [-0.15, -0.1) is 0 Å². The Morgan fingerprint density at radius 3 is 3.04 bits per heavy atom. The number of hydrogen-bond acceptors (Lipinski definition) is 3. The van der Waals surface area contributed by atoms with Crippen molar-refractivity contribution in [1.29, 1.82) is 0 Å². The lowest BCUT2D eigenvalue weighted by molar-refractivity contribution is 0.0703. The van der Waals surface area contributed by atoms with Gasteiger partial charge in [0.1, 0.15) is 11.6 Å². The van der Waals surface area contributed by atoms with Crippen molar-refractivity contribution in [2.24, 2.45) is 0 Å². The molecule has 2 aromatic heterocycles. The molecule has 1 fully saturated rings. The molecule has 0 spiro atoms. The number of carbonyl (C=O) groups excluding carboxylic acids is 1. The van der Waals surface area contributed by atoms with E-state index in [2.05, 4.69) is 32.6 Å². The molecule has 0 aliphatic carbocycles. The smallest absolute Gasteiger partial charge is 0.253 e. The molecule has 28 heavy (non-hydrogen) atoms. The van der Waals surface area contributed by atoms with Crippen LogP contribution in [-0.4, -0.2) is 43.4 Å². The maximum atomic E-state index is 13.2. The number of unbranched alkanes of at least 4 members (excludes halogenated alkanes) is 1. The minimum atomic E-state index is 0.0878. The van der Waals surface area contributed by atoms with Gasteiger partial charge in [0.2, 0.25) is 0 Å². The number of nitrogens with zero attached hydrogens (tertiary/aromatic N) is 4. The molecule has 1 atom stereocenters. The third-order valence-electron chi connectivity index (χ3n) is 5.46. The summed E-state index contributed by atoms with van der Waals surface area (Å²) < 4.78 is 2.26. The van der Waals surface area contributed by atoms with Crippen molar-refractivity contribution in [2.45, 2.75) is 45.1 Å². The Hall–Kier alpha value is -2.89. The average molecular weight is 377 g/mol. The van der Waals surface area contributed by atoms with Gasteiger partial charge in [0.25, 0.3) is 5.91 Å². The van der Waals surface area contributed by atoms with E-state index in [0.29, 0.717) is 11.5 Å². The first-order chi connectivity index (χ1) is 13.8. The lowest BCUT2D eigenvalue weighted by Gasteiger charge is -2.33. The maximum absolute atomic E-state index is 13.2. The summed E-state index contributed by atoms with van der Waals surface area (Å²) >= 11 is 0. The zero-order chi connectivity index (χ0) is 19.3. The molecule has 6 nitrogen and oxygen atoms in total. The minimum absolute atomic E-state index is 0.0878. The minimum Gasteiger partial charge on any atom is -0.345 e. The van der Waals surface area contributed by atoms with Crippen LogP contribution in [-0.2, 0) is 6.54 Å². The molecular weight excluding hydrogens is 350 g/mol. The summed E-state index contributed by atoms with van der Waals surface area (Å²) in [5.41, 5.74) is 1.64. The summed E-state index contributed by atoms with van der Waals surface area (Å²) in [6, 6.07) is 7.71. The van der Waals surface area contributed by atoms with Crippen molar-refractivity contribution < 1.29 is 4.79 Å². The molecule has 1 saturated heterocycles. The van der Waals surface area contributed by atoms with Gasteiger partial charge < -0.3 is 14.5 Å². The molecule has 0 saturated carbocycles. The van der Waals surface area contributed by atoms with Crippen molar-refractivity contribution in [1.82, 2.24) is 24.4 Å². The molecule has 146 valence electrons. The van der Waals surface area contributed by atoms with E-state index in [1.54, 1.807) is 12.4 Å². The Balaban J connectivity index is 1.50. The standard InChI is InChI=1S/C22H27N5O/c1-2-3-12-26-14-11-25-21(26)19-8-5-13-27(16-19)22(28)18-7-4-6-17(15-18)20-23-9-10-24-20/h4,6-7,9-11,14-15,19H,2-3,5,8,12-13,16H2,1H3,(H,23,24)/t19-/m1/s1. The number of aromatic amines is 1. The van der Waals surface area contributed by atoms with Gasteiger partial charge in [-0.1, -0.05) is 25.5 Å². The van der Waals surface area contributed by atoms with Gasteiger partial charge in [0, 0.05) is 61.5 Å². The van der Waals surface area contributed by atoms with Crippen LogP contribution in [0, 0.1) is 0 Å². The Morgan fingerprint density at radius 2 is 2.21 bits per heavy atom. The van der Waals surface area contributed by atoms with Crippen molar-refractivity contribution in [3.63, 3.8) is 0 Å². The molecule has 1 aliphatic rings. The molecule has 0 unspecified atom stereocenters. The Kier molecular flexibility index (Phi) is 5.55. The first-order valence-electron chi connectivity index (χ1n) is 10.2. The zero-order valence-electron chi connectivity index (χ0n) is 16.3. The van der Waals surface area contributed by atoms with E-state index in [9.17, 15) is 4.79 Å². The van der Waals surface area contributed by atoms with Crippen LogP contribution in [0.4, 0.5) is 0 Å². The van der Waals surface area contributed by atoms with Gasteiger partial charge >= 0.3 is 0 Å². The molecule has 4 rings (SSSR count). The number of rotatable bonds is 6. The van der Waals surface area contributed by atoms with E-state index in [1.165, 1.54) is 6.42 Å². The zero-order valence-corrected chi connectivity index (χ0v) is 16.3. The second-order valence-electron chi connectivity index (χ2n) is 7.44. The Labute approximate surface area is 165 Å². The number of likely N-dealkylation sites (tertiary alicyclic amines) is 1. The number of nitrogens with one attached hydrogen (secondary N) is 1. The molecule has 0 bridgehead atoms. The number of benzene rings is 1. The molecule has 1 aliphatic heterocycles. The second kappa shape index (κ2) is 8.42. The highest BCUT2D eigenvalue weighted by molar-refractivity contribution is 5.95. The lowest BCUT2D eigenvalue weighted by Crippen LogP contribution is -2.39. The monoisotopic (exact) mass is 377 g/mol. The van der Waals surface area contributed by atoms with Crippen LogP contribution in [0.2, 0.25) is 0 Å². The summed E-state index contributed by atoms with van der Waals surface area (Å²) in [5.74, 6) is 2.29. The second-order valence-corrected chi connectivity index (χ2v) is 7.44. The number of H-pyrrole nitrogens is 1. The van der Waals surface area contributed by atoms with E-state index in [0.717, 1.165) is 56.1 Å². The normalized spacial score (nSPS) is 17.0. The van der Waals surface area contributed by atoms with Gasteiger partial charge in [-0.3, -0.25) is 4.79 Å². The van der Waals surface area contributed by atoms with Gasteiger partial charge in [0.15, 0.2) is 0 Å². The quantitative estimate of drug-likeness (QED) is 0.703. The summed E-state index contributed by atoms with van der Waals surface area (Å²) in [7, 11) is 0. The molecule has 6 heteroatoms. The fraction of sp³-hybridized carbons (Fsp3) is 0.409. The predicted octanol–water partition coefficient (Wildman–Crippen LogP) is 4.09. The fourth-order valence-electron chi connectivity index (χ4n) is 3.98. The highest BCUT2D eigenvalue weighted by Crippen LogP contribution is 2.27. The maximum Gasteiger partial charge on any atom is 0.253 e. The van der Waals surface area contributed by atoms with E-state index in [4.69, 9.17) is 0 Å². The van der Waals surface area contributed by atoms with E-state index in [1.807, 2.05) is 35.4 Å². The van der Waals surface area contributed by atoms with E-state index >= 15 is 0 Å². The van der Waals surface area contributed by atoms with Crippen LogP contribution in [0.25, 0.3) is 11.4 Å². The predicted molar refractivity (Wildman–Crippen MR) is 109 cm³/mol. The van der Waals surface area contributed by atoms with Gasteiger partial charge in [-0.05, 0) is 31.4 Å². The molecular formula is C22H27N5O. The first kappa shape index (κ1) is 18.5. The number of amides is 1. The third kappa shape index (κ3) is 3.86. The van der Waals surface area contributed by atoms with E-state index < -0.39 is 0 Å². The molecule has 1 N–H and O–H groups in total. The summed E-state index contributed by atoms with van der Waals surface area (Å²) in [6.45, 7) is 4.73. The topological polar surface area (TPSA) is 66.8 Å². The summed E-state index contributed by atoms with van der Waals surface area (Å²) in [5, 5.41) is 0. The van der Waals surface area contributed by atoms with Crippen LogP contribution in [0.3, 0.4) is 0 Å². The Morgan fingerprint density at radius 1 is 1.29 bits per heavy atom. The van der Waals surface area contributed by atoms with Crippen molar-refractivity contribution >= 4 is 5.91 Å². The van der Waals surface area contributed by atoms with Crippen LogP contribution in [0.15, 0.2) is 49.1 Å². The number of imidazole rings is 2. The average Bonchev–Trinajstić information content (AvgIpc) is 3.44. The highest BCUT2D eigenvalue weighted by atomic mass is 16.2. The number of aromatic nitrogens is 4. The van der Waals surface area contributed by atoms with Crippen LogP contribution in [0.5, 0.6) is 0 Å². The van der Waals surface area contributed by atoms with E-state index in [-0.39, 0.29) is 5.91 Å². The lowest BCUT2D eigenvalue weighted by atomic mass is 9.96. The highest BCUT2D eigenvalue weighted by Gasteiger charge is 2.28. The fourth-order valence-corrected chi connectivity index (χ4v) is 3.98. The van der Waals surface area contributed by atoms with Crippen molar-refractivity contribution in [3.05, 3.63) is 60.4 Å². The van der Waals surface area contributed by atoms with Gasteiger partial charge in [-0.25, -0.2) is 9.97 Å². The largest absolute Gasteiger partial charge is 0.345 e. The molecule has 3 aromatic rings. The SMILES string of the molecule is CCCCn1ccnc1[C@@H]1CCCN(C(=O)c2cccc(-c3ncc[nH]3)c2)C1. The summed E-state index contributed by atoms with van der Waals surface area (Å²) in [4.78, 5) is 27.2. The number of aryl methyl sites for hydroxylation is 1. The number of piperidine rings is 1. The van der Waals surface area contributed by atoms with Crippen molar-refractivity contribution in [3.8, 4) is 11.4 Å². The molecule has 1 aromatic carbocycles. The summed E-state index contributed by atoms with van der Waals surface area (Å²) in [6.07, 6.45) is 11.9. The number of hydrogen-bond donors (Lipinski definition) is 1. The molecule has 3 heterocycles. The van der Waals surface area contributed by atoms with Crippen LogP contribution >= 0.6 is 0 Å². The van der Waals surface area contributed by atoms with Crippen LogP contribution in [0.1, 0.15) is 54.7 Å². The first-order valence-corrected chi connectivity index (χ1v) is 10.2. The molecule has 1 amide bonds. The third-order valence-corrected chi connectivity index (χ3v) is 5.46. The molecule has 0 radical (unpaired) electrons. The van der Waals surface area contributed by atoms with Gasteiger partial charge in [-0.2, -0.15) is 0 Å². The van der Waals surface area contributed by atoms with Gasteiger partial charge in [0.05, 0.1) is 0 Å². The van der Waals surface area contributed by atoms with Crippen LogP contribution < -0.4 is 0 Å². The number of carbonyl (C=O) groups is 1.